The first-order chi connectivity index (χ1) is 7.13. The lowest BCUT2D eigenvalue weighted by atomic mass is 10.0. The average molecular weight is 242 g/mol. The van der Waals surface area contributed by atoms with E-state index in [0.717, 1.165) is 6.92 Å². The molecule has 0 aliphatic rings. The summed E-state index contributed by atoms with van der Waals surface area (Å²) in [5.74, 6) is -0.747. The molecule has 0 aromatic carbocycles. The number of ether oxygens (including phenoxy) is 1. The maximum absolute atomic E-state index is 12.1. The predicted molar refractivity (Wildman–Crippen MR) is 52.7 cm³/mol. The van der Waals surface area contributed by atoms with Gasteiger partial charge in [0.15, 0.2) is 6.10 Å². The van der Waals surface area contributed by atoms with Gasteiger partial charge in [0.25, 0.3) is 0 Å². The summed E-state index contributed by atoms with van der Waals surface area (Å²) in [7, 11) is 0. The predicted octanol–water partition coefficient (Wildman–Crippen LogP) is 0.807. The first-order valence-electron chi connectivity index (χ1n) is 4.86. The van der Waals surface area contributed by atoms with Crippen LogP contribution in [0, 0.1) is 0 Å². The second kappa shape index (κ2) is 5.49. The Hall–Kier alpha value is -0.820. The number of primary amides is 1. The van der Waals surface area contributed by atoms with E-state index in [2.05, 4.69) is 10.1 Å². The van der Waals surface area contributed by atoms with Crippen LogP contribution in [0.4, 0.5) is 13.2 Å². The second-order valence-corrected chi connectivity index (χ2v) is 3.72. The Kier molecular flexibility index (Phi) is 5.21. The molecular weight excluding hydrogens is 225 g/mol. The lowest BCUT2D eigenvalue weighted by molar-refractivity contribution is -0.218. The van der Waals surface area contributed by atoms with Crippen LogP contribution in [0.15, 0.2) is 0 Å². The average Bonchev–Trinajstić information content (AvgIpc) is 2.12. The van der Waals surface area contributed by atoms with Crippen LogP contribution in [0.3, 0.4) is 0 Å². The lowest BCUT2D eigenvalue weighted by Gasteiger charge is -2.28. The van der Waals surface area contributed by atoms with E-state index in [-0.39, 0.29) is 0 Å². The minimum atomic E-state index is -4.44. The smallest absolute Gasteiger partial charge is 0.368 e. The van der Waals surface area contributed by atoms with Crippen LogP contribution in [-0.4, -0.2) is 36.9 Å². The number of likely N-dealkylation sites (N-methyl/N-ethyl adjacent to an activating group) is 1. The molecule has 0 aliphatic heterocycles. The zero-order valence-corrected chi connectivity index (χ0v) is 9.52. The molecule has 0 saturated carbocycles. The number of amides is 1. The normalized spacial score (nSPS) is 17.9. The molecule has 0 aliphatic carbocycles. The van der Waals surface area contributed by atoms with Crippen molar-refractivity contribution in [3.05, 3.63) is 0 Å². The molecule has 7 heteroatoms. The van der Waals surface area contributed by atoms with Crippen molar-refractivity contribution in [3.63, 3.8) is 0 Å². The summed E-state index contributed by atoms with van der Waals surface area (Å²) < 4.78 is 41.0. The van der Waals surface area contributed by atoms with E-state index < -0.39 is 30.3 Å². The molecule has 0 bridgehead atoms. The molecule has 2 atom stereocenters. The number of rotatable bonds is 6. The maximum atomic E-state index is 12.1. The molecule has 0 aromatic rings. The van der Waals surface area contributed by atoms with Crippen molar-refractivity contribution >= 4 is 5.91 Å². The van der Waals surface area contributed by atoms with E-state index in [1.54, 1.807) is 6.92 Å². The maximum Gasteiger partial charge on any atom is 0.414 e. The summed E-state index contributed by atoms with van der Waals surface area (Å²) in [4.78, 5) is 11.1. The molecule has 0 aromatic heterocycles. The fraction of sp³-hybridized carbons (Fsp3) is 0.889. The van der Waals surface area contributed by atoms with Gasteiger partial charge < -0.3 is 15.8 Å². The van der Waals surface area contributed by atoms with Gasteiger partial charge in [-0.15, -0.1) is 0 Å². The Balaban J connectivity index is 4.39. The number of nitrogens with two attached hydrogens (primary N) is 1. The van der Waals surface area contributed by atoms with Gasteiger partial charge in [-0.05, 0) is 20.4 Å². The first-order valence-corrected chi connectivity index (χ1v) is 4.86. The van der Waals surface area contributed by atoms with E-state index in [9.17, 15) is 18.0 Å². The van der Waals surface area contributed by atoms with Crippen molar-refractivity contribution in [1.29, 1.82) is 0 Å². The Morgan fingerprint density at radius 1 is 1.50 bits per heavy atom. The Morgan fingerprint density at radius 3 is 2.31 bits per heavy atom. The lowest BCUT2D eigenvalue weighted by Crippen LogP contribution is -2.57. The molecule has 4 nitrogen and oxygen atoms in total. The second-order valence-electron chi connectivity index (χ2n) is 3.72. The quantitative estimate of drug-likeness (QED) is 0.724. The number of nitrogens with one attached hydrogen (secondary N) is 1. The molecular formula is C9H17F3N2O2. The minimum absolute atomic E-state index is 0.406. The number of hydrogen-bond acceptors (Lipinski definition) is 3. The summed E-state index contributed by atoms with van der Waals surface area (Å²) in [6.45, 7) is 3.99. The number of alkyl halides is 3. The third kappa shape index (κ3) is 4.36. The van der Waals surface area contributed by atoms with Crippen molar-refractivity contribution in [2.45, 2.75) is 38.6 Å². The van der Waals surface area contributed by atoms with Gasteiger partial charge in [-0.3, -0.25) is 4.79 Å². The van der Waals surface area contributed by atoms with Crippen molar-refractivity contribution < 1.29 is 22.7 Å². The molecule has 0 spiro atoms. The van der Waals surface area contributed by atoms with E-state index in [1.807, 2.05) is 0 Å². The Labute approximate surface area is 92.3 Å². The molecule has 2 unspecified atom stereocenters. The summed E-state index contributed by atoms with van der Waals surface area (Å²) >= 11 is 0. The first kappa shape index (κ1) is 15.2. The van der Waals surface area contributed by atoms with Gasteiger partial charge in [-0.1, -0.05) is 6.92 Å². The Bertz CT molecular complexity index is 245. The molecule has 0 saturated heterocycles. The van der Waals surface area contributed by atoms with E-state index >= 15 is 0 Å². The molecule has 3 N–H and O–H groups in total. The van der Waals surface area contributed by atoms with Gasteiger partial charge in [-0.2, -0.15) is 13.2 Å². The number of hydrogen-bond donors (Lipinski definition) is 2. The van der Waals surface area contributed by atoms with Gasteiger partial charge in [-0.25, -0.2) is 0 Å². The van der Waals surface area contributed by atoms with Crippen molar-refractivity contribution in [3.8, 4) is 0 Å². The Morgan fingerprint density at radius 2 is 2.00 bits per heavy atom. The monoisotopic (exact) mass is 242 g/mol. The van der Waals surface area contributed by atoms with E-state index in [1.165, 1.54) is 6.92 Å². The van der Waals surface area contributed by atoms with Crippen LogP contribution in [0.5, 0.6) is 0 Å². The van der Waals surface area contributed by atoms with Gasteiger partial charge in [0.05, 0.1) is 6.61 Å². The minimum Gasteiger partial charge on any atom is -0.368 e. The molecule has 1 amide bonds. The zero-order chi connectivity index (χ0) is 13.0. The molecule has 96 valence electrons. The SMILES string of the molecule is CCNC(C)(COC(C)C(F)(F)F)C(N)=O. The largest absolute Gasteiger partial charge is 0.414 e. The van der Waals surface area contributed by atoms with E-state index in [0.29, 0.717) is 6.54 Å². The molecule has 16 heavy (non-hydrogen) atoms. The van der Waals surface area contributed by atoms with Gasteiger partial charge in [0.2, 0.25) is 5.91 Å². The standard InChI is InChI=1S/C9H17F3N2O2/c1-4-14-8(3,7(13)15)5-16-6(2)9(10,11)12/h6,14H,4-5H2,1-3H3,(H2,13,15). The highest BCUT2D eigenvalue weighted by Crippen LogP contribution is 2.23. The third-order valence-corrected chi connectivity index (χ3v) is 2.19. The van der Waals surface area contributed by atoms with Crippen molar-refractivity contribution in [2.24, 2.45) is 5.73 Å². The van der Waals surface area contributed by atoms with E-state index in [4.69, 9.17) is 5.73 Å². The summed E-state index contributed by atoms with van der Waals surface area (Å²) in [6.07, 6.45) is -6.37. The van der Waals surface area contributed by atoms with Crippen molar-refractivity contribution in [1.82, 2.24) is 5.32 Å². The van der Waals surface area contributed by atoms with Crippen LogP contribution in [0.2, 0.25) is 0 Å². The number of carbonyl (C=O) groups excluding carboxylic acids is 1. The van der Waals surface area contributed by atoms with Crippen molar-refractivity contribution in [2.75, 3.05) is 13.2 Å². The van der Waals surface area contributed by atoms with Gasteiger partial charge in [0.1, 0.15) is 5.54 Å². The van der Waals surface area contributed by atoms with Gasteiger partial charge >= 0.3 is 6.18 Å². The van der Waals surface area contributed by atoms with Crippen LogP contribution in [0.1, 0.15) is 20.8 Å². The van der Waals surface area contributed by atoms with Crippen LogP contribution in [0.25, 0.3) is 0 Å². The zero-order valence-electron chi connectivity index (χ0n) is 9.52. The summed E-state index contributed by atoms with van der Waals surface area (Å²) in [6, 6.07) is 0. The number of carbonyl (C=O) groups is 1. The van der Waals surface area contributed by atoms with Crippen LogP contribution < -0.4 is 11.1 Å². The van der Waals surface area contributed by atoms with Gasteiger partial charge in [0, 0.05) is 0 Å². The fourth-order valence-corrected chi connectivity index (χ4v) is 0.986. The van der Waals surface area contributed by atoms with Crippen LogP contribution in [-0.2, 0) is 9.53 Å². The fourth-order valence-electron chi connectivity index (χ4n) is 0.986. The summed E-state index contributed by atoms with van der Waals surface area (Å²) in [5, 5.41) is 2.70. The highest BCUT2D eigenvalue weighted by molar-refractivity contribution is 5.84. The molecule has 0 radical (unpaired) electrons. The third-order valence-electron chi connectivity index (χ3n) is 2.19. The topological polar surface area (TPSA) is 64.3 Å². The number of halogens is 3. The van der Waals surface area contributed by atoms with Crippen LogP contribution >= 0.6 is 0 Å². The molecule has 0 heterocycles. The highest BCUT2D eigenvalue weighted by Gasteiger charge is 2.39. The molecule has 0 rings (SSSR count). The highest BCUT2D eigenvalue weighted by atomic mass is 19.4. The molecule has 0 fully saturated rings. The summed E-state index contributed by atoms with van der Waals surface area (Å²) in [5.41, 5.74) is 3.81.